The predicted molar refractivity (Wildman–Crippen MR) is 124 cm³/mol. The summed E-state index contributed by atoms with van der Waals surface area (Å²) in [5.74, 6) is -0.258. The third kappa shape index (κ3) is 6.92. The Morgan fingerprint density at radius 1 is 1.11 bits per heavy atom. The molecule has 0 spiro atoms. The van der Waals surface area contributed by atoms with Crippen molar-refractivity contribution < 1.29 is 31.8 Å². The van der Waals surface area contributed by atoms with Crippen molar-refractivity contribution in [2.24, 2.45) is 5.10 Å². The summed E-state index contributed by atoms with van der Waals surface area (Å²) in [7, 11) is 1.47. The first kappa shape index (κ1) is 25.5. The van der Waals surface area contributed by atoms with Crippen LogP contribution in [0, 0.1) is 5.82 Å². The van der Waals surface area contributed by atoms with Crippen LogP contribution < -0.4 is 14.9 Å². The summed E-state index contributed by atoms with van der Waals surface area (Å²) in [5, 5.41) is 3.85. The number of rotatable bonds is 9. The molecule has 0 aliphatic heterocycles. The van der Waals surface area contributed by atoms with E-state index in [9.17, 15) is 22.4 Å². The molecule has 182 valence electrons. The van der Waals surface area contributed by atoms with Gasteiger partial charge in [0, 0.05) is 11.1 Å². The molecule has 1 amide bonds. The topological polar surface area (TPSA) is 59.9 Å². The summed E-state index contributed by atoms with van der Waals surface area (Å²) in [5.41, 5.74) is 3.17. The molecule has 0 aromatic heterocycles. The number of ether oxygens (including phenoxy) is 2. The van der Waals surface area contributed by atoms with Crippen LogP contribution in [0.4, 0.5) is 17.6 Å². The number of carbonyl (C=O) groups excluding carboxylic acids is 1. The van der Waals surface area contributed by atoms with E-state index >= 15 is 0 Å². The Hall–Kier alpha value is -4.14. The fourth-order valence-corrected chi connectivity index (χ4v) is 3.18. The van der Waals surface area contributed by atoms with E-state index in [1.807, 2.05) is 0 Å². The van der Waals surface area contributed by atoms with Gasteiger partial charge in [-0.2, -0.15) is 18.3 Å². The smallest absolute Gasteiger partial charge is 0.416 e. The molecule has 0 radical (unpaired) electrons. The van der Waals surface area contributed by atoms with E-state index in [1.54, 1.807) is 30.3 Å². The number of benzene rings is 3. The minimum Gasteiger partial charge on any atom is -0.493 e. The average molecular weight is 486 g/mol. The normalized spacial score (nSPS) is 11.3. The van der Waals surface area contributed by atoms with Gasteiger partial charge < -0.3 is 9.47 Å². The lowest BCUT2D eigenvalue weighted by molar-refractivity contribution is -0.137. The van der Waals surface area contributed by atoms with E-state index in [1.165, 1.54) is 31.5 Å². The molecule has 0 unspecified atom stereocenters. The number of methoxy groups -OCH3 is 1. The highest BCUT2D eigenvalue weighted by Gasteiger charge is 2.30. The van der Waals surface area contributed by atoms with Crippen LogP contribution in [-0.4, -0.2) is 19.2 Å². The van der Waals surface area contributed by atoms with Gasteiger partial charge in [-0.05, 0) is 60.0 Å². The van der Waals surface area contributed by atoms with Crippen molar-refractivity contribution in [3.8, 4) is 11.5 Å². The van der Waals surface area contributed by atoms with Crippen LogP contribution >= 0.6 is 0 Å². The first-order chi connectivity index (χ1) is 16.7. The van der Waals surface area contributed by atoms with Gasteiger partial charge in [0.15, 0.2) is 11.5 Å². The molecule has 0 aliphatic rings. The maximum Gasteiger partial charge on any atom is 0.416 e. The molecule has 3 aromatic carbocycles. The van der Waals surface area contributed by atoms with Crippen molar-refractivity contribution in [1.29, 1.82) is 0 Å². The van der Waals surface area contributed by atoms with Crippen LogP contribution in [0.25, 0.3) is 0 Å². The number of amides is 1. The van der Waals surface area contributed by atoms with Crippen molar-refractivity contribution in [3.05, 3.63) is 107 Å². The number of nitrogens with zero attached hydrogens (tertiary/aromatic N) is 1. The van der Waals surface area contributed by atoms with Crippen molar-refractivity contribution in [2.75, 3.05) is 7.11 Å². The molecule has 0 saturated carbocycles. The van der Waals surface area contributed by atoms with Gasteiger partial charge in [-0.25, -0.2) is 9.82 Å². The lowest BCUT2D eigenvalue weighted by atomic mass is 10.1. The van der Waals surface area contributed by atoms with E-state index in [2.05, 4.69) is 17.1 Å². The van der Waals surface area contributed by atoms with Gasteiger partial charge in [0.1, 0.15) is 12.4 Å². The molecule has 1 N–H and O–H groups in total. The number of hydrazone groups is 1. The predicted octanol–water partition coefficient (Wildman–Crippen LogP) is 5.92. The number of hydrogen-bond donors (Lipinski definition) is 1. The van der Waals surface area contributed by atoms with Crippen molar-refractivity contribution >= 4 is 12.1 Å². The summed E-state index contributed by atoms with van der Waals surface area (Å²) in [6, 6.07) is 13.3. The average Bonchev–Trinajstić information content (AvgIpc) is 2.83. The van der Waals surface area contributed by atoms with Gasteiger partial charge in [0.05, 0.1) is 18.9 Å². The maximum atomic E-state index is 13.1. The Kier molecular flexibility index (Phi) is 8.25. The summed E-state index contributed by atoms with van der Waals surface area (Å²) in [4.78, 5) is 12.2. The number of nitrogens with one attached hydrogen (secondary N) is 1. The van der Waals surface area contributed by atoms with E-state index < -0.39 is 17.6 Å². The molecular formula is C26H22F4N2O3. The highest BCUT2D eigenvalue weighted by molar-refractivity contribution is 5.95. The summed E-state index contributed by atoms with van der Waals surface area (Å²) < 4.78 is 63.1. The number of halogens is 4. The Balaban J connectivity index is 1.76. The van der Waals surface area contributed by atoms with Crippen LogP contribution in [0.3, 0.4) is 0 Å². The van der Waals surface area contributed by atoms with Crippen LogP contribution in [0.5, 0.6) is 11.5 Å². The zero-order chi connectivity index (χ0) is 25.4. The SMILES string of the molecule is C=CCc1cc(/C=N\NC(=O)c2cccc(C(F)(F)F)c2)cc(OC)c1OCc1ccc(F)cc1. The Labute approximate surface area is 199 Å². The molecule has 3 rings (SSSR count). The van der Waals surface area contributed by atoms with Crippen LogP contribution in [0.2, 0.25) is 0 Å². The molecule has 0 aliphatic carbocycles. The molecule has 3 aromatic rings. The summed E-state index contributed by atoms with van der Waals surface area (Å²) in [6.07, 6.45) is -1.11. The Bertz CT molecular complexity index is 1220. The second-order valence-electron chi connectivity index (χ2n) is 7.40. The van der Waals surface area contributed by atoms with E-state index in [-0.39, 0.29) is 18.0 Å². The van der Waals surface area contributed by atoms with Crippen LogP contribution in [0.15, 0.2) is 78.4 Å². The number of carbonyl (C=O) groups is 1. The fraction of sp³-hybridized carbons (Fsp3) is 0.154. The largest absolute Gasteiger partial charge is 0.493 e. The third-order valence-electron chi connectivity index (χ3n) is 4.87. The molecular weight excluding hydrogens is 464 g/mol. The zero-order valence-corrected chi connectivity index (χ0v) is 18.7. The number of allylic oxidation sites excluding steroid dienone is 1. The molecule has 0 heterocycles. The molecule has 5 nitrogen and oxygen atoms in total. The summed E-state index contributed by atoms with van der Waals surface area (Å²) in [6.45, 7) is 3.93. The molecule has 9 heteroatoms. The van der Waals surface area contributed by atoms with Crippen LogP contribution in [0.1, 0.15) is 32.6 Å². The second kappa shape index (κ2) is 11.3. The molecule has 0 saturated heterocycles. The van der Waals surface area contributed by atoms with Gasteiger partial charge in [-0.15, -0.1) is 6.58 Å². The van der Waals surface area contributed by atoms with Crippen molar-refractivity contribution in [1.82, 2.24) is 5.43 Å². The van der Waals surface area contributed by atoms with Crippen molar-refractivity contribution in [2.45, 2.75) is 19.2 Å². The minimum absolute atomic E-state index is 0.175. The molecule has 35 heavy (non-hydrogen) atoms. The highest BCUT2D eigenvalue weighted by Crippen LogP contribution is 2.34. The van der Waals surface area contributed by atoms with E-state index in [0.717, 1.165) is 29.3 Å². The van der Waals surface area contributed by atoms with Gasteiger partial charge in [0.2, 0.25) is 0 Å². The maximum absolute atomic E-state index is 13.1. The molecule has 0 fully saturated rings. The van der Waals surface area contributed by atoms with E-state index in [0.29, 0.717) is 23.5 Å². The minimum atomic E-state index is -4.56. The Morgan fingerprint density at radius 2 is 1.86 bits per heavy atom. The lowest BCUT2D eigenvalue weighted by Crippen LogP contribution is -2.18. The van der Waals surface area contributed by atoms with Crippen molar-refractivity contribution in [3.63, 3.8) is 0 Å². The van der Waals surface area contributed by atoms with E-state index in [4.69, 9.17) is 9.47 Å². The van der Waals surface area contributed by atoms with Crippen LogP contribution in [-0.2, 0) is 19.2 Å². The van der Waals surface area contributed by atoms with Gasteiger partial charge >= 0.3 is 6.18 Å². The first-order valence-electron chi connectivity index (χ1n) is 10.4. The molecule has 0 atom stereocenters. The number of hydrogen-bond acceptors (Lipinski definition) is 4. The summed E-state index contributed by atoms with van der Waals surface area (Å²) >= 11 is 0. The quantitative estimate of drug-likeness (QED) is 0.177. The van der Waals surface area contributed by atoms with Gasteiger partial charge in [0.25, 0.3) is 5.91 Å². The first-order valence-corrected chi connectivity index (χ1v) is 10.4. The number of alkyl halides is 3. The standard InChI is InChI=1S/C26H22F4N2O3/c1-3-5-19-12-18(13-23(34-2)24(19)35-16-17-8-10-22(27)11-9-17)15-31-32-25(33)20-6-4-7-21(14-20)26(28,29)30/h3-4,6-15H,1,5,16H2,2H3,(H,32,33)/b31-15-. The van der Waals surface area contributed by atoms with Gasteiger partial charge in [-0.1, -0.05) is 24.3 Å². The molecule has 0 bridgehead atoms. The highest BCUT2D eigenvalue weighted by atomic mass is 19.4. The Morgan fingerprint density at radius 3 is 2.51 bits per heavy atom. The third-order valence-corrected chi connectivity index (χ3v) is 4.87. The monoisotopic (exact) mass is 486 g/mol. The lowest BCUT2D eigenvalue weighted by Gasteiger charge is -2.16. The van der Waals surface area contributed by atoms with Gasteiger partial charge in [-0.3, -0.25) is 4.79 Å². The zero-order valence-electron chi connectivity index (χ0n) is 18.7. The fourth-order valence-electron chi connectivity index (χ4n) is 3.18. The second-order valence-corrected chi connectivity index (χ2v) is 7.40.